The Morgan fingerprint density at radius 3 is 1.34 bits per heavy atom. The van der Waals surface area contributed by atoms with E-state index in [-0.39, 0.29) is 0 Å². The van der Waals surface area contributed by atoms with Crippen LogP contribution in [0.1, 0.15) is 0 Å². The van der Waals surface area contributed by atoms with E-state index in [4.69, 9.17) is 0 Å². The minimum absolute atomic E-state index is 1.12. The lowest BCUT2D eigenvalue weighted by Gasteiger charge is -2.15. The lowest BCUT2D eigenvalue weighted by atomic mass is 9.94. The SMILES string of the molecule is c1cncc(-c2ccc(-c3ccc4c(c3)c3ccccc3n4-c3cc(-c4ccc5cc6ccccc6cc5c4)cc(-c4ccc5cc6ccccc6cc5c4)c3)cc2)c1. The number of hydrogen-bond donors (Lipinski definition) is 0. The second kappa shape index (κ2) is 13.4. The average molecular weight is 749 g/mol. The number of para-hydroxylation sites is 1. The van der Waals surface area contributed by atoms with Crippen molar-refractivity contribution in [3.63, 3.8) is 0 Å². The Kier molecular flexibility index (Phi) is 7.57. The maximum Gasteiger partial charge on any atom is 0.0541 e. The van der Waals surface area contributed by atoms with Crippen LogP contribution < -0.4 is 0 Å². The third-order valence-electron chi connectivity index (χ3n) is 12.1. The molecule has 0 fully saturated rings. The smallest absolute Gasteiger partial charge is 0.0541 e. The van der Waals surface area contributed by atoms with Gasteiger partial charge in [0.15, 0.2) is 0 Å². The Morgan fingerprint density at radius 2 is 0.746 bits per heavy atom. The Labute approximate surface area is 341 Å². The summed E-state index contributed by atoms with van der Waals surface area (Å²) in [5, 5.41) is 12.5. The number of pyridine rings is 1. The van der Waals surface area contributed by atoms with E-state index < -0.39 is 0 Å². The fourth-order valence-electron chi connectivity index (χ4n) is 9.13. The molecule has 0 radical (unpaired) electrons. The Morgan fingerprint density at radius 1 is 0.271 bits per heavy atom. The van der Waals surface area contributed by atoms with E-state index in [0.29, 0.717) is 0 Å². The molecule has 0 amide bonds. The lowest BCUT2D eigenvalue weighted by Crippen LogP contribution is -1.96. The largest absolute Gasteiger partial charge is 0.309 e. The van der Waals surface area contributed by atoms with Crippen LogP contribution in [0.4, 0.5) is 0 Å². The maximum atomic E-state index is 4.32. The highest BCUT2D eigenvalue weighted by molar-refractivity contribution is 6.11. The van der Waals surface area contributed by atoms with E-state index >= 15 is 0 Å². The molecule has 0 N–H and O–H groups in total. The fraction of sp³-hybridized carbons (Fsp3) is 0. The molecule has 2 heterocycles. The molecule has 12 rings (SSSR count). The number of aromatic nitrogens is 2. The second-order valence-corrected chi connectivity index (χ2v) is 15.7. The van der Waals surface area contributed by atoms with E-state index in [2.05, 4.69) is 210 Å². The Bertz CT molecular complexity index is 3460. The number of fused-ring (bicyclic) bond motifs is 7. The monoisotopic (exact) mass is 748 g/mol. The molecule has 0 saturated carbocycles. The van der Waals surface area contributed by atoms with Crippen molar-refractivity contribution >= 4 is 64.9 Å². The molecule has 0 saturated heterocycles. The van der Waals surface area contributed by atoms with Crippen LogP contribution in [0.3, 0.4) is 0 Å². The summed E-state index contributed by atoms with van der Waals surface area (Å²) in [6.45, 7) is 0. The predicted molar refractivity (Wildman–Crippen MR) is 250 cm³/mol. The first-order valence-corrected chi connectivity index (χ1v) is 20.2. The van der Waals surface area contributed by atoms with Crippen molar-refractivity contribution in [3.05, 3.63) is 219 Å². The van der Waals surface area contributed by atoms with E-state index in [0.717, 1.165) is 16.8 Å². The standard InChI is InChI=1S/C57H36N2/c1-3-10-41-28-49-30-45(21-19-43(49)26-39(41)8-1)51-32-52(46-22-20-44-27-40-9-2-4-11-42(40)29-50(44)31-46)34-53(33-51)59-56-14-6-5-13-54(56)55-35-47(23-24-57(55)59)37-15-17-38(18-16-37)48-12-7-25-58-36-48/h1-36H. The number of nitrogens with zero attached hydrogens (tertiary/aromatic N) is 2. The summed E-state index contributed by atoms with van der Waals surface area (Å²) in [5.41, 5.74) is 12.9. The van der Waals surface area contributed by atoms with Gasteiger partial charge in [0.1, 0.15) is 0 Å². The topological polar surface area (TPSA) is 17.8 Å². The van der Waals surface area contributed by atoms with Crippen molar-refractivity contribution in [3.8, 4) is 50.2 Å². The summed E-state index contributed by atoms with van der Waals surface area (Å²) >= 11 is 0. The third kappa shape index (κ3) is 5.76. The molecule has 2 nitrogen and oxygen atoms in total. The van der Waals surface area contributed by atoms with Crippen LogP contribution in [0.2, 0.25) is 0 Å². The zero-order chi connectivity index (χ0) is 38.9. The highest BCUT2D eigenvalue weighted by atomic mass is 15.0. The number of benzene rings is 10. The maximum absolute atomic E-state index is 4.32. The third-order valence-corrected chi connectivity index (χ3v) is 12.1. The molecule has 59 heavy (non-hydrogen) atoms. The van der Waals surface area contributed by atoms with Gasteiger partial charge in [0.25, 0.3) is 0 Å². The highest BCUT2D eigenvalue weighted by Crippen LogP contribution is 2.39. The molecule has 10 aromatic carbocycles. The molecular formula is C57H36N2. The summed E-state index contributed by atoms with van der Waals surface area (Å²) in [5.74, 6) is 0. The summed E-state index contributed by atoms with van der Waals surface area (Å²) in [6.07, 6.45) is 3.73. The normalized spacial score (nSPS) is 11.7. The van der Waals surface area contributed by atoms with Crippen LogP contribution >= 0.6 is 0 Å². The average Bonchev–Trinajstić information content (AvgIpc) is 3.64. The first-order chi connectivity index (χ1) is 29.2. The fourth-order valence-corrected chi connectivity index (χ4v) is 9.13. The Balaban J connectivity index is 1.05. The van der Waals surface area contributed by atoms with Crippen LogP contribution in [0.15, 0.2) is 219 Å². The molecule has 0 unspecified atom stereocenters. The van der Waals surface area contributed by atoms with Gasteiger partial charge in [0.2, 0.25) is 0 Å². The van der Waals surface area contributed by atoms with Gasteiger partial charge in [-0.2, -0.15) is 0 Å². The van der Waals surface area contributed by atoms with Crippen molar-refractivity contribution in [2.75, 3.05) is 0 Å². The van der Waals surface area contributed by atoms with Gasteiger partial charge >= 0.3 is 0 Å². The summed E-state index contributed by atoms with van der Waals surface area (Å²) in [4.78, 5) is 4.32. The van der Waals surface area contributed by atoms with Crippen molar-refractivity contribution in [2.24, 2.45) is 0 Å². The molecule has 0 aliphatic heterocycles. The summed E-state index contributed by atoms with van der Waals surface area (Å²) in [7, 11) is 0. The van der Waals surface area contributed by atoms with Crippen molar-refractivity contribution in [2.45, 2.75) is 0 Å². The molecule has 0 aliphatic rings. The molecule has 0 spiro atoms. The molecule has 2 aromatic heterocycles. The van der Waals surface area contributed by atoms with Crippen LogP contribution in [0.5, 0.6) is 0 Å². The van der Waals surface area contributed by atoms with Crippen LogP contribution in [-0.2, 0) is 0 Å². The van der Waals surface area contributed by atoms with Gasteiger partial charge in [-0.25, -0.2) is 0 Å². The number of rotatable bonds is 5. The molecule has 0 aliphatic carbocycles. The highest BCUT2D eigenvalue weighted by Gasteiger charge is 2.16. The van der Waals surface area contributed by atoms with Crippen LogP contribution in [-0.4, -0.2) is 9.55 Å². The van der Waals surface area contributed by atoms with Gasteiger partial charge in [0.05, 0.1) is 11.0 Å². The predicted octanol–water partition coefficient (Wildman–Crippen LogP) is 15.5. The minimum atomic E-state index is 1.12. The van der Waals surface area contributed by atoms with Crippen LogP contribution in [0.25, 0.3) is 115 Å². The molecule has 12 aromatic rings. The number of hydrogen-bond acceptors (Lipinski definition) is 1. The molecule has 274 valence electrons. The van der Waals surface area contributed by atoms with E-state index in [1.165, 1.54) is 98.3 Å². The zero-order valence-electron chi connectivity index (χ0n) is 32.2. The van der Waals surface area contributed by atoms with Gasteiger partial charge < -0.3 is 4.57 Å². The molecule has 0 atom stereocenters. The Hall–Kier alpha value is -7.81. The molecule has 2 heteroatoms. The first kappa shape index (κ1) is 33.3. The van der Waals surface area contributed by atoms with Gasteiger partial charge in [-0.3, -0.25) is 4.98 Å². The van der Waals surface area contributed by atoms with Gasteiger partial charge in [0, 0.05) is 28.9 Å². The van der Waals surface area contributed by atoms with Crippen molar-refractivity contribution in [1.82, 2.24) is 9.55 Å². The van der Waals surface area contributed by atoms with Crippen molar-refractivity contribution in [1.29, 1.82) is 0 Å². The lowest BCUT2D eigenvalue weighted by molar-refractivity contribution is 1.18. The van der Waals surface area contributed by atoms with Crippen LogP contribution in [0, 0.1) is 0 Å². The quantitative estimate of drug-likeness (QED) is 0.160. The molecular weight excluding hydrogens is 713 g/mol. The van der Waals surface area contributed by atoms with E-state index in [1.807, 2.05) is 18.5 Å². The zero-order valence-corrected chi connectivity index (χ0v) is 32.2. The second-order valence-electron chi connectivity index (χ2n) is 15.7. The first-order valence-electron chi connectivity index (χ1n) is 20.2. The van der Waals surface area contributed by atoms with Gasteiger partial charge in [-0.1, -0.05) is 127 Å². The van der Waals surface area contributed by atoms with E-state index in [9.17, 15) is 0 Å². The van der Waals surface area contributed by atoms with Crippen molar-refractivity contribution < 1.29 is 0 Å². The summed E-state index contributed by atoms with van der Waals surface area (Å²) in [6, 6.07) is 76.1. The van der Waals surface area contributed by atoms with Gasteiger partial charge in [-0.05, 0) is 166 Å². The molecule has 0 bridgehead atoms. The van der Waals surface area contributed by atoms with E-state index in [1.54, 1.807) is 0 Å². The summed E-state index contributed by atoms with van der Waals surface area (Å²) < 4.78 is 2.45. The van der Waals surface area contributed by atoms with Gasteiger partial charge in [-0.15, -0.1) is 0 Å². The minimum Gasteiger partial charge on any atom is -0.309 e.